The van der Waals surface area contributed by atoms with E-state index >= 15 is 0 Å². The number of rotatable bonds is 5. The first-order chi connectivity index (χ1) is 15.6. The number of fused-ring (bicyclic) bond motifs is 1. The van der Waals surface area contributed by atoms with Gasteiger partial charge in [0.05, 0.1) is 11.3 Å². The normalized spacial score (nSPS) is 16.7. The number of hydrogen-bond acceptors (Lipinski definition) is 4. The average molecular weight is 425 g/mol. The van der Waals surface area contributed by atoms with Gasteiger partial charge >= 0.3 is 0 Å². The van der Waals surface area contributed by atoms with Crippen LogP contribution in [0.25, 0.3) is 11.3 Å². The lowest BCUT2D eigenvalue weighted by molar-refractivity contribution is -0.128. The number of amides is 2. The first-order valence-electron chi connectivity index (χ1n) is 10.7. The van der Waals surface area contributed by atoms with Crippen molar-refractivity contribution in [3.63, 3.8) is 0 Å². The molecule has 2 aliphatic rings. The van der Waals surface area contributed by atoms with Crippen LogP contribution in [0.5, 0.6) is 0 Å². The molecule has 2 amide bonds. The Morgan fingerprint density at radius 1 is 1.00 bits per heavy atom. The van der Waals surface area contributed by atoms with Gasteiger partial charge in [-0.2, -0.15) is 0 Å². The van der Waals surface area contributed by atoms with Gasteiger partial charge in [0.25, 0.3) is 5.91 Å². The number of nitrogens with one attached hydrogen (secondary N) is 2. The molecule has 0 bridgehead atoms. The van der Waals surface area contributed by atoms with Crippen LogP contribution < -0.4 is 16.4 Å². The highest BCUT2D eigenvalue weighted by Crippen LogP contribution is 2.38. The van der Waals surface area contributed by atoms with E-state index in [1.807, 2.05) is 71.6 Å². The molecule has 0 unspecified atom stereocenters. The average Bonchev–Trinajstić information content (AvgIpc) is 3.35. The molecule has 0 spiro atoms. The summed E-state index contributed by atoms with van der Waals surface area (Å²) in [6.45, 7) is 1.45. The minimum atomic E-state index is -0.166. The van der Waals surface area contributed by atoms with Gasteiger partial charge in [0.2, 0.25) is 5.91 Å². The van der Waals surface area contributed by atoms with Gasteiger partial charge in [-0.25, -0.2) is 0 Å². The summed E-state index contributed by atoms with van der Waals surface area (Å²) in [5.74, 6) is 0.0506. The number of carbonyl (C=O) groups is 2. The number of nitrogens with two attached hydrogens (primary N) is 1. The zero-order valence-electron chi connectivity index (χ0n) is 17.6. The van der Waals surface area contributed by atoms with Gasteiger partial charge in [0, 0.05) is 42.1 Å². The van der Waals surface area contributed by atoms with Crippen molar-refractivity contribution in [2.75, 3.05) is 22.9 Å². The lowest BCUT2D eigenvalue weighted by Gasteiger charge is -2.17. The number of hydrogen-bond donors (Lipinski definition) is 3. The smallest absolute Gasteiger partial charge is 0.258 e. The summed E-state index contributed by atoms with van der Waals surface area (Å²) in [6.07, 6.45) is 1.57. The van der Waals surface area contributed by atoms with E-state index in [1.54, 1.807) is 6.07 Å². The van der Waals surface area contributed by atoms with Gasteiger partial charge in [0.1, 0.15) is 0 Å². The summed E-state index contributed by atoms with van der Waals surface area (Å²) in [6, 6.07) is 23.2. The van der Waals surface area contributed by atoms with Crippen LogP contribution in [0.1, 0.15) is 29.5 Å². The fraction of sp³-hybridized carbons (Fsp3) is 0.154. The number of anilines is 3. The van der Waals surface area contributed by atoms with E-state index in [1.165, 1.54) is 0 Å². The topological polar surface area (TPSA) is 87.5 Å². The van der Waals surface area contributed by atoms with Crippen molar-refractivity contribution >= 4 is 40.1 Å². The molecule has 1 fully saturated rings. The third kappa shape index (κ3) is 3.83. The molecule has 5 rings (SSSR count). The van der Waals surface area contributed by atoms with E-state index in [2.05, 4.69) is 10.6 Å². The van der Waals surface area contributed by atoms with Gasteiger partial charge in [-0.3, -0.25) is 9.59 Å². The zero-order valence-corrected chi connectivity index (χ0v) is 17.6. The van der Waals surface area contributed by atoms with Crippen molar-refractivity contribution in [1.82, 2.24) is 4.90 Å². The molecule has 1 saturated heterocycles. The second-order valence-corrected chi connectivity index (χ2v) is 8.12. The van der Waals surface area contributed by atoms with Crippen LogP contribution in [-0.2, 0) is 16.1 Å². The van der Waals surface area contributed by atoms with Crippen LogP contribution in [0.3, 0.4) is 0 Å². The Hall–Kier alpha value is -4.06. The minimum Gasteiger partial charge on any atom is -0.399 e. The maximum Gasteiger partial charge on any atom is 0.258 e. The highest BCUT2D eigenvalue weighted by molar-refractivity contribution is 6.37. The maximum atomic E-state index is 12.9. The summed E-state index contributed by atoms with van der Waals surface area (Å²) in [4.78, 5) is 26.7. The molecule has 6 heteroatoms. The Morgan fingerprint density at radius 2 is 1.78 bits per heavy atom. The molecule has 3 aromatic rings. The molecule has 32 heavy (non-hydrogen) atoms. The first kappa shape index (κ1) is 19.9. The summed E-state index contributed by atoms with van der Waals surface area (Å²) in [5, 5.41) is 6.39. The fourth-order valence-electron chi connectivity index (χ4n) is 4.25. The quantitative estimate of drug-likeness (QED) is 0.420. The molecule has 2 heterocycles. The Bertz CT molecular complexity index is 1220. The van der Waals surface area contributed by atoms with Crippen LogP contribution in [0, 0.1) is 0 Å². The van der Waals surface area contributed by atoms with Crippen molar-refractivity contribution in [2.24, 2.45) is 0 Å². The molecule has 4 N–H and O–H groups in total. The van der Waals surface area contributed by atoms with Crippen molar-refractivity contribution in [1.29, 1.82) is 0 Å². The molecule has 6 nitrogen and oxygen atoms in total. The zero-order chi connectivity index (χ0) is 22.1. The maximum absolute atomic E-state index is 12.9. The monoisotopic (exact) mass is 424 g/mol. The molecule has 0 aliphatic carbocycles. The first-order valence-corrected chi connectivity index (χ1v) is 10.7. The highest BCUT2D eigenvalue weighted by atomic mass is 16.2. The fourth-order valence-corrected chi connectivity index (χ4v) is 4.25. The molecule has 0 saturated carbocycles. The van der Waals surface area contributed by atoms with Crippen molar-refractivity contribution in [2.45, 2.75) is 19.4 Å². The number of nitrogens with zero attached hydrogens (tertiary/aromatic N) is 1. The Kier molecular flexibility index (Phi) is 5.11. The van der Waals surface area contributed by atoms with Crippen molar-refractivity contribution < 1.29 is 9.59 Å². The summed E-state index contributed by atoms with van der Waals surface area (Å²) >= 11 is 0. The van der Waals surface area contributed by atoms with Crippen LogP contribution in [0.4, 0.5) is 17.1 Å². The molecule has 0 radical (unpaired) electrons. The van der Waals surface area contributed by atoms with E-state index in [0.717, 1.165) is 46.7 Å². The van der Waals surface area contributed by atoms with Gasteiger partial charge in [-0.15, -0.1) is 0 Å². The summed E-state index contributed by atoms with van der Waals surface area (Å²) in [5.41, 5.74) is 12.3. The second kappa shape index (κ2) is 8.23. The van der Waals surface area contributed by atoms with E-state index < -0.39 is 0 Å². The highest BCUT2D eigenvalue weighted by Gasteiger charge is 2.28. The van der Waals surface area contributed by atoms with Crippen molar-refractivity contribution in [3.05, 3.63) is 89.5 Å². The van der Waals surface area contributed by atoms with Crippen molar-refractivity contribution in [3.8, 4) is 0 Å². The Labute approximate surface area is 186 Å². The summed E-state index contributed by atoms with van der Waals surface area (Å²) < 4.78 is 0. The number of likely N-dealkylation sites (tertiary alicyclic amines) is 1. The van der Waals surface area contributed by atoms with Crippen LogP contribution in [-0.4, -0.2) is 23.3 Å². The molecule has 2 aliphatic heterocycles. The molecular weight excluding hydrogens is 400 g/mol. The van der Waals surface area contributed by atoms with Crippen LogP contribution >= 0.6 is 0 Å². The lowest BCUT2D eigenvalue weighted by Crippen LogP contribution is -2.23. The van der Waals surface area contributed by atoms with E-state index in [4.69, 9.17) is 5.73 Å². The van der Waals surface area contributed by atoms with Gasteiger partial charge in [-0.05, 0) is 47.9 Å². The standard InChI is InChI=1S/C26H24N4O2/c27-19-10-13-22-21(15-19)24(26(32)29-22)25(18-5-2-1-3-6-18)28-20-11-8-17(9-12-20)16-30-14-4-7-23(30)31/h1-3,5-6,8-13,15,28H,4,7,14,16,27H2,(H,29,32)/b25-24-. The Morgan fingerprint density at radius 3 is 2.50 bits per heavy atom. The molecule has 0 aromatic heterocycles. The van der Waals surface area contributed by atoms with E-state index in [9.17, 15) is 9.59 Å². The molecule has 0 atom stereocenters. The third-order valence-corrected chi connectivity index (χ3v) is 5.87. The predicted molar refractivity (Wildman–Crippen MR) is 127 cm³/mol. The number of carbonyl (C=O) groups excluding carboxylic acids is 2. The SMILES string of the molecule is Nc1ccc2c(c1)/C(=C(/Nc1ccc(CN3CCCC3=O)cc1)c1ccccc1)C(=O)N2. The number of benzene rings is 3. The van der Waals surface area contributed by atoms with Gasteiger partial charge < -0.3 is 21.3 Å². The third-order valence-electron chi connectivity index (χ3n) is 5.87. The lowest BCUT2D eigenvalue weighted by atomic mass is 9.99. The largest absolute Gasteiger partial charge is 0.399 e. The molecule has 3 aromatic carbocycles. The molecular formula is C26H24N4O2. The van der Waals surface area contributed by atoms with Crippen LogP contribution in [0.2, 0.25) is 0 Å². The predicted octanol–water partition coefficient (Wildman–Crippen LogP) is 4.32. The molecule has 160 valence electrons. The van der Waals surface area contributed by atoms with Gasteiger partial charge in [-0.1, -0.05) is 42.5 Å². The number of nitrogen functional groups attached to an aromatic ring is 1. The van der Waals surface area contributed by atoms with E-state index in [0.29, 0.717) is 24.2 Å². The van der Waals surface area contributed by atoms with Gasteiger partial charge in [0.15, 0.2) is 0 Å². The second-order valence-electron chi connectivity index (χ2n) is 8.12. The van der Waals surface area contributed by atoms with Crippen LogP contribution in [0.15, 0.2) is 72.8 Å². The minimum absolute atomic E-state index is 0.166. The van der Waals surface area contributed by atoms with E-state index in [-0.39, 0.29) is 11.8 Å². The summed E-state index contributed by atoms with van der Waals surface area (Å²) in [7, 11) is 0. The Balaban J connectivity index is 1.50.